The lowest BCUT2D eigenvalue weighted by Crippen LogP contribution is -2.19. The second kappa shape index (κ2) is 3.86. The molecule has 0 spiro atoms. The summed E-state index contributed by atoms with van der Waals surface area (Å²) in [4.78, 5) is 0. The van der Waals surface area contributed by atoms with Crippen LogP contribution in [-0.2, 0) is 16.8 Å². The molecule has 0 amide bonds. The standard InChI is InChI=1S/C14H20O2/c1-13(2,16-3)12-6-4-11(5-7-12)10-14(15)8-9-14/h4-7,15H,8-10H2,1-3H3. The molecule has 16 heavy (non-hydrogen) atoms. The minimum Gasteiger partial charge on any atom is -0.390 e. The first-order chi connectivity index (χ1) is 7.45. The minimum atomic E-state index is -0.404. The minimum absolute atomic E-state index is 0.241. The molecule has 2 rings (SSSR count). The van der Waals surface area contributed by atoms with Gasteiger partial charge >= 0.3 is 0 Å². The fourth-order valence-electron chi connectivity index (χ4n) is 1.84. The Morgan fingerprint density at radius 3 is 2.25 bits per heavy atom. The summed E-state index contributed by atoms with van der Waals surface area (Å²) in [5.74, 6) is 0. The highest BCUT2D eigenvalue weighted by Crippen LogP contribution is 2.38. The Bertz CT molecular complexity index is 361. The van der Waals surface area contributed by atoms with Crippen molar-refractivity contribution in [1.29, 1.82) is 0 Å². The molecule has 0 heterocycles. The van der Waals surface area contributed by atoms with Crippen molar-refractivity contribution in [1.82, 2.24) is 0 Å². The number of aliphatic hydroxyl groups is 1. The van der Waals surface area contributed by atoms with Gasteiger partial charge in [0.15, 0.2) is 0 Å². The second-order valence-electron chi connectivity index (χ2n) is 5.31. The van der Waals surface area contributed by atoms with Crippen LogP contribution in [0, 0.1) is 0 Å². The maximum Gasteiger partial charge on any atom is 0.0871 e. The van der Waals surface area contributed by atoms with E-state index in [9.17, 15) is 5.11 Å². The van der Waals surface area contributed by atoms with E-state index in [0.29, 0.717) is 0 Å². The molecule has 0 atom stereocenters. The molecule has 0 unspecified atom stereocenters. The van der Waals surface area contributed by atoms with E-state index >= 15 is 0 Å². The molecule has 88 valence electrons. The van der Waals surface area contributed by atoms with Crippen LogP contribution in [-0.4, -0.2) is 17.8 Å². The van der Waals surface area contributed by atoms with Crippen molar-refractivity contribution in [3.05, 3.63) is 35.4 Å². The van der Waals surface area contributed by atoms with Gasteiger partial charge in [-0.15, -0.1) is 0 Å². The molecule has 1 saturated carbocycles. The van der Waals surface area contributed by atoms with E-state index in [1.165, 1.54) is 11.1 Å². The zero-order valence-electron chi connectivity index (χ0n) is 10.3. The molecule has 1 aromatic rings. The van der Waals surface area contributed by atoms with E-state index < -0.39 is 5.60 Å². The smallest absolute Gasteiger partial charge is 0.0871 e. The Morgan fingerprint density at radius 2 is 1.81 bits per heavy atom. The highest BCUT2D eigenvalue weighted by atomic mass is 16.5. The van der Waals surface area contributed by atoms with Gasteiger partial charge in [-0.2, -0.15) is 0 Å². The predicted octanol–water partition coefficient (Wildman–Crippen LogP) is 2.64. The predicted molar refractivity (Wildman–Crippen MR) is 64.4 cm³/mol. The molecular formula is C14H20O2. The molecule has 1 aliphatic rings. The summed E-state index contributed by atoms with van der Waals surface area (Å²) >= 11 is 0. The Balaban J connectivity index is 2.10. The average Bonchev–Trinajstić information content (AvgIpc) is 2.97. The Labute approximate surface area is 97.3 Å². The highest BCUT2D eigenvalue weighted by molar-refractivity contribution is 5.28. The highest BCUT2D eigenvalue weighted by Gasteiger charge is 2.40. The third-order valence-electron chi connectivity index (χ3n) is 3.52. The summed E-state index contributed by atoms with van der Waals surface area (Å²) in [7, 11) is 1.72. The van der Waals surface area contributed by atoms with Gasteiger partial charge in [0.05, 0.1) is 11.2 Å². The van der Waals surface area contributed by atoms with Gasteiger partial charge in [-0.3, -0.25) is 0 Å². The normalized spacial score (nSPS) is 18.5. The number of rotatable bonds is 4. The van der Waals surface area contributed by atoms with Crippen LogP contribution in [0.25, 0.3) is 0 Å². The zero-order chi connectivity index (χ0) is 11.8. The molecule has 0 radical (unpaired) electrons. The monoisotopic (exact) mass is 220 g/mol. The molecule has 1 fully saturated rings. The molecule has 0 bridgehead atoms. The van der Waals surface area contributed by atoms with E-state index in [0.717, 1.165) is 19.3 Å². The van der Waals surface area contributed by atoms with Crippen LogP contribution in [0.5, 0.6) is 0 Å². The lowest BCUT2D eigenvalue weighted by Gasteiger charge is -2.23. The van der Waals surface area contributed by atoms with E-state index in [2.05, 4.69) is 38.1 Å². The quantitative estimate of drug-likeness (QED) is 0.845. The zero-order valence-corrected chi connectivity index (χ0v) is 10.3. The van der Waals surface area contributed by atoms with Gasteiger partial charge in [-0.1, -0.05) is 24.3 Å². The van der Waals surface area contributed by atoms with Crippen LogP contribution < -0.4 is 0 Å². The van der Waals surface area contributed by atoms with Crippen molar-refractivity contribution < 1.29 is 9.84 Å². The van der Waals surface area contributed by atoms with Crippen molar-refractivity contribution in [3.8, 4) is 0 Å². The van der Waals surface area contributed by atoms with E-state index in [1.807, 2.05) is 0 Å². The topological polar surface area (TPSA) is 29.5 Å². The van der Waals surface area contributed by atoms with Crippen LogP contribution in [0.4, 0.5) is 0 Å². The molecule has 1 N–H and O–H groups in total. The average molecular weight is 220 g/mol. The van der Waals surface area contributed by atoms with Crippen molar-refractivity contribution >= 4 is 0 Å². The van der Waals surface area contributed by atoms with Gasteiger partial charge in [-0.25, -0.2) is 0 Å². The lowest BCUT2D eigenvalue weighted by molar-refractivity contribution is 0.0192. The van der Waals surface area contributed by atoms with Crippen molar-refractivity contribution in [2.45, 2.75) is 44.3 Å². The fourth-order valence-corrected chi connectivity index (χ4v) is 1.84. The fraction of sp³-hybridized carbons (Fsp3) is 0.571. The number of benzene rings is 1. The maximum atomic E-state index is 9.83. The Kier molecular flexibility index (Phi) is 2.81. The SMILES string of the molecule is COC(C)(C)c1ccc(CC2(O)CC2)cc1. The first-order valence-corrected chi connectivity index (χ1v) is 5.82. The maximum absolute atomic E-state index is 9.83. The van der Waals surface area contributed by atoms with E-state index in [1.54, 1.807) is 7.11 Å². The summed E-state index contributed by atoms with van der Waals surface area (Å²) in [6.07, 6.45) is 2.66. The van der Waals surface area contributed by atoms with E-state index in [4.69, 9.17) is 4.74 Å². The number of hydrogen-bond donors (Lipinski definition) is 1. The Morgan fingerprint density at radius 1 is 1.25 bits per heavy atom. The van der Waals surface area contributed by atoms with Gasteiger partial charge < -0.3 is 9.84 Å². The van der Waals surface area contributed by atoms with Gasteiger partial charge in [0, 0.05) is 13.5 Å². The first-order valence-electron chi connectivity index (χ1n) is 5.82. The van der Waals surface area contributed by atoms with Crippen molar-refractivity contribution in [2.24, 2.45) is 0 Å². The van der Waals surface area contributed by atoms with Crippen LogP contribution in [0.3, 0.4) is 0 Å². The molecule has 1 aromatic carbocycles. The number of methoxy groups -OCH3 is 1. The van der Waals surface area contributed by atoms with Crippen LogP contribution >= 0.6 is 0 Å². The van der Waals surface area contributed by atoms with Crippen LogP contribution in [0.15, 0.2) is 24.3 Å². The van der Waals surface area contributed by atoms with Gasteiger partial charge in [-0.05, 0) is 37.8 Å². The number of hydrogen-bond acceptors (Lipinski definition) is 2. The second-order valence-corrected chi connectivity index (χ2v) is 5.31. The third kappa shape index (κ3) is 2.45. The third-order valence-corrected chi connectivity index (χ3v) is 3.52. The summed E-state index contributed by atoms with van der Waals surface area (Å²) in [6.45, 7) is 4.10. The van der Waals surface area contributed by atoms with Crippen LogP contribution in [0.1, 0.15) is 37.8 Å². The molecule has 2 heteroatoms. The Hall–Kier alpha value is -0.860. The van der Waals surface area contributed by atoms with Gasteiger partial charge in [0.2, 0.25) is 0 Å². The lowest BCUT2D eigenvalue weighted by atomic mass is 9.95. The molecule has 1 aliphatic carbocycles. The molecule has 0 saturated heterocycles. The summed E-state index contributed by atoms with van der Waals surface area (Å²) in [5.41, 5.74) is 1.73. The summed E-state index contributed by atoms with van der Waals surface area (Å²) in [6, 6.07) is 8.36. The first kappa shape index (κ1) is 11.6. The number of ether oxygens (including phenoxy) is 1. The largest absolute Gasteiger partial charge is 0.390 e. The van der Waals surface area contributed by atoms with Crippen molar-refractivity contribution in [2.75, 3.05) is 7.11 Å². The van der Waals surface area contributed by atoms with Crippen molar-refractivity contribution in [3.63, 3.8) is 0 Å². The molecule has 0 aliphatic heterocycles. The van der Waals surface area contributed by atoms with Gasteiger partial charge in [0.1, 0.15) is 0 Å². The molecular weight excluding hydrogens is 200 g/mol. The molecule has 2 nitrogen and oxygen atoms in total. The summed E-state index contributed by atoms with van der Waals surface area (Å²) < 4.78 is 5.43. The molecule has 0 aromatic heterocycles. The summed E-state index contributed by atoms with van der Waals surface area (Å²) in [5, 5.41) is 9.83. The van der Waals surface area contributed by atoms with Gasteiger partial charge in [0.25, 0.3) is 0 Å². The van der Waals surface area contributed by atoms with E-state index in [-0.39, 0.29) is 5.60 Å². The van der Waals surface area contributed by atoms with Crippen LogP contribution in [0.2, 0.25) is 0 Å².